The maximum atomic E-state index is 14.1. The minimum absolute atomic E-state index is 0.133. The molecule has 1 amide bonds. The quantitative estimate of drug-likeness (QED) is 0.167. The Morgan fingerprint density at radius 1 is 0.898 bits per heavy atom. The number of benzene rings is 4. The standard InChI is InChI=1S/C43H40ClN3OS/c1-28-15-22-35(23-16-28)47-37(29-11-7-5-8-12-29)25-31(40(47)30-13-9-6-10-14-30)27-45-42-39(41(48)46-34-20-18-33(44)19-21-34)36-24-17-32(43(2,3)4)26-38(36)49-42/h5-16,18-23,25,27,32H,17,24,26H2,1-4H3,(H,46,48)/t32-/m1/s1. The number of hydrogen-bond acceptors (Lipinski definition) is 3. The Kier molecular flexibility index (Phi) is 9.15. The van der Waals surface area contributed by atoms with Gasteiger partial charge in [-0.15, -0.1) is 11.3 Å². The Bertz CT molecular complexity index is 2120. The van der Waals surface area contributed by atoms with E-state index in [1.54, 1.807) is 23.5 Å². The van der Waals surface area contributed by atoms with Gasteiger partial charge in [0, 0.05) is 33.1 Å². The van der Waals surface area contributed by atoms with Crippen LogP contribution in [0.5, 0.6) is 0 Å². The summed E-state index contributed by atoms with van der Waals surface area (Å²) in [5.41, 5.74) is 10.3. The number of anilines is 1. The van der Waals surface area contributed by atoms with Crippen LogP contribution in [-0.4, -0.2) is 16.7 Å². The summed E-state index contributed by atoms with van der Waals surface area (Å²) >= 11 is 7.80. The van der Waals surface area contributed by atoms with Gasteiger partial charge in [-0.3, -0.25) is 4.79 Å². The van der Waals surface area contributed by atoms with Crippen molar-refractivity contribution in [2.45, 2.75) is 47.0 Å². The number of aliphatic imine (C=N–C) groups is 1. The topological polar surface area (TPSA) is 46.4 Å². The van der Waals surface area contributed by atoms with Crippen LogP contribution in [0.3, 0.4) is 0 Å². The molecule has 2 heterocycles. The van der Waals surface area contributed by atoms with Crippen molar-refractivity contribution >= 4 is 45.7 Å². The molecule has 1 N–H and O–H groups in total. The van der Waals surface area contributed by atoms with Gasteiger partial charge in [0.1, 0.15) is 5.00 Å². The molecule has 4 aromatic carbocycles. The normalized spacial score (nSPS) is 14.6. The second-order valence-electron chi connectivity index (χ2n) is 13.9. The summed E-state index contributed by atoms with van der Waals surface area (Å²) < 4.78 is 2.33. The number of rotatable bonds is 7. The van der Waals surface area contributed by atoms with Gasteiger partial charge in [0.05, 0.1) is 17.0 Å². The lowest BCUT2D eigenvalue weighted by Crippen LogP contribution is -2.27. The van der Waals surface area contributed by atoms with Gasteiger partial charge in [-0.25, -0.2) is 4.99 Å². The first-order valence-corrected chi connectivity index (χ1v) is 18.0. The van der Waals surface area contributed by atoms with Gasteiger partial charge in [0.15, 0.2) is 0 Å². The molecule has 4 nitrogen and oxygen atoms in total. The second kappa shape index (κ2) is 13.7. The average Bonchev–Trinajstić information content (AvgIpc) is 3.67. The molecule has 6 heteroatoms. The van der Waals surface area contributed by atoms with Crippen LogP contribution in [0, 0.1) is 18.3 Å². The Hall–Kier alpha value is -4.71. The summed E-state index contributed by atoms with van der Waals surface area (Å²) in [6.07, 6.45) is 4.83. The fraction of sp³-hybridized carbons (Fsp3) is 0.209. The molecule has 0 saturated carbocycles. The van der Waals surface area contributed by atoms with Crippen molar-refractivity contribution in [3.8, 4) is 28.2 Å². The van der Waals surface area contributed by atoms with E-state index in [0.717, 1.165) is 63.6 Å². The maximum absolute atomic E-state index is 14.1. The van der Waals surface area contributed by atoms with Crippen LogP contribution in [0.15, 0.2) is 120 Å². The Morgan fingerprint density at radius 2 is 1.55 bits per heavy atom. The monoisotopic (exact) mass is 681 g/mol. The number of carbonyl (C=O) groups excluding carboxylic acids is 1. The molecule has 1 atom stereocenters. The predicted octanol–water partition coefficient (Wildman–Crippen LogP) is 12.0. The van der Waals surface area contributed by atoms with Gasteiger partial charge in [-0.1, -0.05) is 111 Å². The van der Waals surface area contributed by atoms with E-state index in [1.165, 1.54) is 10.4 Å². The van der Waals surface area contributed by atoms with Crippen LogP contribution >= 0.6 is 22.9 Å². The third kappa shape index (κ3) is 6.92. The van der Waals surface area contributed by atoms with E-state index in [-0.39, 0.29) is 11.3 Å². The van der Waals surface area contributed by atoms with Crippen LogP contribution in [0.2, 0.25) is 5.02 Å². The molecular weight excluding hydrogens is 642 g/mol. The third-order valence-electron chi connectivity index (χ3n) is 9.56. The largest absolute Gasteiger partial charge is 0.322 e. The fourth-order valence-electron chi connectivity index (χ4n) is 6.79. The SMILES string of the molecule is Cc1ccc(-n2c(-c3ccccc3)cc(C=Nc3sc4c(c3C(=O)Nc3ccc(Cl)cc3)CC[C@@H](C(C)(C)C)C4)c2-c2ccccc2)cc1. The first-order chi connectivity index (χ1) is 23.7. The van der Waals surface area contributed by atoms with E-state index < -0.39 is 0 Å². The lowest BCUT2D eigenvalue weighted by Gasteiger charge is -2.33. The van der Waals surface area contributed by atoms with Crippen molar-refractivity contribution in [2.75, 3.05) is 5.32 Å². The molecule has 0 aliphatic heterocycles. The Balaban J connectivity index is 1.38. The van der Waals surface area contributed by atoms with Crippen molar-refractivity contribution in [3.05, 3.63) is 147 Å². The maximum Gasteiger partial charge on any atom is 0.259 e. The second-order valence-corrected chi connectivity index (χ2v) is 15.5. The molecule has 0 unspecified atom stereocenters. The first-order valence-electron chi connectivity index (χ1n) is 16.8. The predicted molar refractivity (Wildman–Crippen MR) is 207 cm³/mol. The first kappa shape index (κ1) is 32.8. The van der Waals surface area contributed by atoms with E-state index in [2.05, 4.69) is 116 Å². The molecule has 6 aromatic rings. The molecule has 246 valence electrons. The number of halogens is 1. The highest BCUT2D eigenvalue weighted by atomic mass is 35.5. The number of thiophene rings is 1. The summed E-state index contributed by atoms with van der Waals surface area (Å²) in [5, 5.41) is 4.51. The molecule has 49 heavy (non-hydrogen) atoms. The minimum atomic E-state index is -0.133. The van der Waals surface area contributed by atoms with Crippen molar-refractivity contribution in [2.24, 2.45) is 16.3 Å². The van der Waals surface area contributed by atoms with Gasteiger partial charge in [0.25, 0.3) is 5.91 Å². The molecule has 0 saturated heterocycles. The van der Waals surface area contributed by atoms with Crippen LogP contribution in [0.25, 0.3) is 28.2 Å². The molecule has 0 radical (unpaired) electrons. The molecular formula is C43H40ClN3OS. The molecule has 0 spiro atoms. The molecule has 1 aliphatic carbocycles. The van der Waals surface area contributed by atoms with E-state index in [4.69, 9.17) is 16.6 Å². The van der Waals surface area contributed by atoms with Gasteiger partial charge < -0.3 is 9.88 Å². The summed E-state index contributed by atoms with van der Waals surface area (Å²) in [6, 6.07) is 39.1. The highest BCUT2D eigenvalue weighted by Crippen LogP contribution is 2.46. The third-order valence-corrected chi connectivity index (χ3v) is 11.0. The van der Waals surface area contributed by atoms with Crippen LogP contribution in [-0.2, 0) is 12.8 Å². The zero-order chi connectivity index (χ0) is 34.1. The number of fused-ring (bicyclic) bond motifs is 1. The number of nitrogens with zero attached hydrogens (tertiary/aromatic N) is 2. The van der Waals surface area contributed by atoms with Crippen LogP contribution in [0.4, 0.5) is 10.7 Å². The van der Waals surface area contributed by atoms with Crippen molar-refractivity contribution in [1.82, 2.24) is 4.57 Å². The van der Waals surface area contributed by atoms with E-state index >= 15 is 0 Å². The number of hydrogen-bond donors (Lipinski definition) is 1. The van der Waals surface area contributed by atoms with E-state index in [0.29, 0.717) is 22.2 Å². The lowest BCUT2D eigenvalue weighted by atomic mass is 9.72. The van der Waals surface area contributed by atoms with Gasteiger partial charge in [-0.05, 0) is 96.7 Å². The summed E-state index contributed by atoms with van der Waals surface area (Å²) in [7, 11) is 0. The van der Waals surface area contributed by atoms with Crippen molar-refractivity contribution < 1.29 is 4.79 Å². The van der Waals surface area contributed by atoms with E-state index in [9.17, 15) is 4.79 Å². The lowest BCUT2D eigenvalue weighted by molar-refractivity contribution is 0.102. The summed E-state index contributed by atoms with van der Waals surface area (Å²) in [5.74, 6) is 0.413. The molecule has 2 aromatic heterocycles. The fourth-order valence-corrected chi connectivity index (χ4v) is 8.19. The summed E-state index contributed by atoms with van der Waals surface area (Å²) in [4.78, 5) is 20.5. The van der Waals surface area contributed by atoms with Crippen LogP contribution < -0.4 is 5.32 Å². The van der Waals surface area contributed by atoms with Gasteiger partial charge in [-0.2, -0.15) is 0 Å². The highest BCUT2D eigenvalue weighted by Gasteiger charge is 2.34. The zero-order valence-electron chi connectivity index (χ0n) is 28.3. The number of nitrogens with one attached hydrogen (secondary N) is 1. The van der Waals surface area contributed by atoms with Crippen molar-refractivity contribution in [3.63, 3.8) is 0 Å². The number of aromatic nitrogens is 1. The Labute approximate surface area is 298 Å². The zero-order valence-corrected chi connectivity index (χ0v) is 29.9. The molecule has 1 aliphatic rings. The van der Waals surface area contributed by atoms with Gasteiger partial charge >= 0.3 is 0 Å². The molecule has 0 fully saturated rings. The average molecular weight is 682 g/mol. The highest BCUT2D eigenvalue weighted by molar-refractivity contribution is 7.16. The number of amides is 1. The van der Waals surface area contributed by atoms with Crippen molar-refractivity contribution in [1.29, 1.82) is 0 Å². The molecule has 0 bridgehead atoms. The van der Waals surface area contributed by atoms with E-state index in [1.807, 2.05) is 30.5 Å². The summed E-state index contributed by atoms with van der Waals surface area (Å²) in [6.45, 7) is 9.06. The minimum Gasteiger partial charge on any atom is -0.322 e. The molecule has 7 rings (SSSR count). The smallest absolute Gasteiger partial charge is 0.259 e. The van der Waals surface area contributed by atoms with Gasteiger partial charge in [0.2, 0.25) is 0 Å². The number of carbonyl (C=O) groups is 1. The number of aryl methyl sites for hydroxylation is 1. The Morgan fingerprint density at radius 3 is 2.20 bits per heavy atom. The van der Waals surface area contributed by atoms with Crippen LogP contribution in [0.1, 0.15) is 59.1 Å².